The number of hydrogen-bond acceptors (Lipinski definition) is 6. The topological polar surface area (TPSA) is 77.2 Å². The monoisotopic (exact) mass is 443 g/mol. The standard InChI is InChI=1S/C23H24F3N5O/c1-13-9-16(7-8-28-13)18-10-29-22(31-11-14(2)32-15(3)12-31)30-21(18)17-5-4-6-19(20(17)27)23(24,25)26/h4-10,14-15H,11-12,27H2,1-3H3/t14-,15+. The van der Waals surface area contributed by atoms with Crippen molar-refractivity contribution in [3.8, 4) is 22.4 Å². The number of para-hydroxylation sites is 1. The van der Waals surface area contributed by atoms with Gasteiger partial charge in [0.1, 0.15) is 0 Å². The summed E-state index contributed by atoms with van der Waals surface area (Å²) in [5, 5.41) is 0. The van der Waals surface area contributed by atoms with Crippen molar-refractivity contribution < 1.29 is 17.9 Å². The number of nitrogens with two attached hydrogens (primary N) is 1. The fourth-order valence-electron chi connectivity index (χ4n) is 4.01. The summed E-state index contributed by atoms with van der Waals surface area (Å²) in [6, 6.07) is 7.49. The fraction of sp³-hybridized carbons (Fsp3) is 0.348. The zero-order chi connectivity index (χ0) is 23.0. The van der Waals surface area contributed by atoms with Crippen LogP contribution < -0.4 is 10.6 Å². The van der Waals surface area contributed by atoms with E-state index in [1.165, 1.54) is 6.07 Å². The Balaban J connectivity index is 1.90. The minimum Gasteiger partial charge on any atom is -0.398 e. The maximum Gasteiger partial charge on any atom is 0.418 e. The Kier molecular flexibility index (Phi) is 5.77. The second-order valence-corrected chi connectivity index (χ2v) is 8.05. The van der Waals surface area contributed by atoms with E-state index in [0.717, 1.165) is 17.3 Å². The molecule has 2 N–H and O–H groups in total. The summed E-state index contributed by atoms with van der Waals surface area (Å²) in [5.41, 5.74) is 7.43. The van der Waals surface area contributed by atoms with Crippen LogP contribution in [0.4, 0.5) is 24.8 Å². The van der Waals surface area contributed by atoms with Crippen LogP contribution in [0.1, 0.15) is 25.1 Å². The molecule has 1 aromatic carbocycles. The zero-order valence-electron chi connectivity index (χ0n) is 18.0. The molecule has 4 rings (SSSR count). The zero-order valence-corrected chi connectivity index (χ0v) is 18.0. The maximum absolute atomic E-state index is 13.5. The quantitative estimate of drug-likeness (QED) is 0.590. The van der Waals surface area contributed by atoms with Crippen LogP contribution in [0.15, 0.2) is 42.7 Å². The van der Waals surface area contributed by atoms with Gasteiger partial charge in [-0.05, 0) is 44.5 Å². The van der Waals surface area contributed by atoms with Crippen LogP contribution in [-0.2, 0) is 10.9 Å². The lowest BCUT2D eigenvalue weighted by atomic mass is 9.97. The number of aryl methyl sites for hydroxylation is 1. The minimum atomic E-state index is -4.57. The average Bonchev–Trinajstić information content (AvgIpc) is 2.72. The largest absolute Gasteiger partial charge is 0.418 e. The predicted octanol–water partition coefficient (Wildman–Crippen LogP) is 4.73. The number of hydrogen-bond donors (Lipinski definition) is 1. The molecule has 1 fully saturated rings. The van der Waals surface area contributed by atoms with Crippen LogP contribution in [-0.4, -0.2) is 40.2 Å². The van der Waals surface area contributed by atoms with Crippen LogP contribution in [0, 0.1) is 6.92 Å². The van der Waals surface area contributed by atoms with Gasteiger partial charge in [-0.2, -0.15) is 13.2 Å². The van der Waals surface area contributed by atoms with Gasteiger partial charge in [-0.1, -0.05) is 12.1 Å². The molecule has 0 unspecified atom stereocenters. The van der Waals surface area contributed by atoms with Crippen LogP contribution in [0.5, 0.6) is 0 Å². The van der Waals surface area contributed by atoms with Crippen molar-refractivity contribution in [3.63, 3.8) is 0 Å². The van der Waals surface area contributed by atoms with Gasteiger partial charge in [-0.15, -0.1) is 0 Å². The maximum atomic E-state index is 13.5. The van der Waals surface area contributed by atoms with Gasteiger partial charge in [0.25, 0.3) is 0 Å². The second kappa shape index (κ2) is 8.38. The number of aromatic nitrogens is 3. The number of anilines is 2. The van der Waals surface area contributed by atoms with Gasteiger partial charge in [0.15, 0.2) is 0 Å². The molecular formula is C23H24F3N5O. The molecule has 0 aliphatic carbocycles. The molecule has 0 radical (unpaired) electrons. The SMILES string of the molecule is Cc1cc(-c2cnc(N3C[C@@H](C)O[C@@H](C)C3)nc2-c2cccc(C(F)(F)F)c2N)ccn1. The van der Waals surface area contributed by atoms with Gasteiger partial charge in [-0.3, -0.25) is 4.98 Å². The molecular weight excluding hydrogens is 419 g/mol. The summed E-state index contributed by atoms with van der Waals surface area (Å²) >= 11 is 0. The van der Waals surface area contributed by atoms with Gasteiger partial charge < -0.3 is 15.4 Å². The number of ether oxygens (including phenoxy) is 1. The van der Waals surface area contributed by atoms with Crippen LogP contribution in [0.3, 0.4) is 0 Å². The summed E-state index contributed by atoms with van der Waals surface area (Å²) in [6.07, 6.45) is -1.34. The molecule has 1 aliphatic heterocycles. The third kappa shape index (κ3) is 4.38. The number of halogens is 3. The van der Waals surface area contributed by atoms with E-state index in [2.05, 4.69) is 9.97 Å². The highest BCUT2D eigenvalue weighted by molar-refractivity contribution is 5.87. The minimum absolute atomic E-state index is 0.0213. The molecule has 3 heterocycles. The highest BCUT2D eigenvalue weighted by Crippen LogP contribution is 2.41. The Morgan fingerprint density at radius 1 is 1.06 bits per heavy atom. The molecule has 32 heavy (non-hydrogen) atoms. The number of alkyl halides is 3. The molecule has 1 saturated heterocycles. The molecule has 9 heteroatoms. The lowest BCUT2D eigenvalue weighted by Gasteiger charge is -2.35. The van der Waals surface area contributed by atoms with E-state index in [1.54, 1.807) is 24.5 Å². The fourth-order valence-corrected chi connectivity index (χ4v) is 4.01. The molecule has 0 bridgehead atoms. The average molecular weight is 443 g/mol. The van der Waals surface area contributed by atoms with E-state index in [-0.39, 0.29) is 23.5 Å². The Labute approximate surface area is 184 Å². The number of morpholine rings is 1. The van der Waals surface area contributed by atoms with E-state index in [0.29, 0.717) is 30.3 Å². The third-order valence-corrected chi connectivity index (χ3v) is 5.35. The van der Waals surface area contributed by atoms with Crippen molar-refractivity contribution >= 4 is 11.6 Å². The number of pyridine rings is 1. The highest BCUT2D eigenvalue weighted by Gasteiger charge is 2.34. The first-order chi connectivity index (χ1) is 15.1. The molecule has 0 amide bonds. The lowest BCUT2D eigenvalue weighted by molar-refractivity contribution is -0.136. The molecule has 3 aromatic rings. The smallest absolute Gasteiger partial charge is 0.398 e. The number of rotatable bonds is 3. The number of nitrogen functional groups attached to an aromatic ring is 1. The van der Waals surface area contributed by atoms with Gasteiger partial charge in [-0.25, -0.2) is 9.97 Å². The third-order valence-electron chi connectivity index (χ3n) is 5.35. The van der Waals surface area contributed by atoms with Gasteiger partial charge in [0.2, 0.25) is 5.95 Å². The summed E-state index contributed by atoms with van der Waals surface area (Å²) in [6.45, 7) is 6.92. The molecule has 0 saturated carbocycles. The Morgan fingerprint density at radius 2 is 1.78 bits per heavy atom. The van der Waals surface area contributed by atoms with Crippen molar-refractivity contribution in [1.29, 1.82) is 0 Å². The summed E-state index contributed by atoms with van der Waals surface area (Å²) in [4.78, 5) is 15.4. The van der Waals surface area contributed by atoms with Crippen LogP contribution in [0.2, 0.25) is 0 Å². The predicted molar refractivity (Wildman–Crippen MR) is 117 cm³/mol. The van der Waals surface area contributed by atoms with Gasteiger partial charge in [0, 0.05) is 42.3 Å². The van der Waals surface area contributed by atoms with Crippen LogP contribution >= 0.6 is 0 Å². The normalized spacial score (nSPS) is 19.2. The molecule has 2 aromatic heterocycles. The van der Waals surface area contributed by atoms with Crippen molar-refractivity contribution in [2.45, 2.75) is 39.2 Å². The Hall–Kier alpha value is -3.20. The highest BCUT2D eigenvalue weighted by atomic mass is 19.4. The van der Waals surface area contributed by atoms with E-state index in [9.17, 15) is 13.2 Å². The first-order valence-corrected chi connectivity index (χ1v) is 10.3. The van der Waals surface area contributed by atoms with E-state index in [4.69, 9.17) is 15.5 Å². The molecule has 6 nitrogen and oxygen atoms in total. The molecule has 168 valence electrons. The summed E-state index contributed by atoms with van der Waals surface area (Å²) < 4.78 is 46.4. The molecule has 2 atom stereocenters. The van der Waals surface area contributed by atoms with Crippen LogP contribution in [0.25, 0.3) is 22.4 Å². The number of benzene rings is 1. The van der Waals surface area contributed by atoms with Crippen molar-refractivity contribution in [3.05, 3.63) is 54.0 Å². The van der Waals surface area contributed by atoms with E-state index < -0.39 is 11.7 Å². The van der Waals surface area contributed by atoms with Crippen molar-refractivity contribution in [1.82, 2.24) is 15.0 Å². The van der Waals surface area contributed by atoms with E-state index in [1.807, 2.05) is 31.7 Å². The van der Waals surface area contributed by atoms with Crippen molar-refractivity contribution in [2.24, 2.45) is 0 Å². The van der Waals surface area contributed by atoms with E-state index >= 15 is 0 Å². The van der Waals surface area contributed by atoms with Gasteiger partial charge in [0.05, 0.1) is 29.2 Å². The van der Waals surface area contributed by atoms with Gasteiger partial charge >= 0.3 is 6.18 Å². The summed E-state index contributed by atoms with van der Waals surface area (Å²) in [7, 11) is 0. The Bertz CT molecular complexity index is 1120. The first kappa shape index (κ1) is 22.0. The molecule has 1 aliphatic rings. The summed E-state index contributed by atoms with van der Waals surface area (Å²) in [5.74, 6) is 0.424. The Morgan fingerprint density at radius 3 is 2.44 bits per heavy atom. The lowest BCUT2D eigenvalue weighted by Crippen LogP contribution is -2.46. The van der Waals surface area contributed by atoms with Crippen molar-refractivity contribution in [2.75, 3.05) is 23.7 Å². The number of nitrogens with zero attached hydrogens (tertiary/aromatic N) is 4. The second-order valence-electron chi connectivity index (χ2n) is 8.05. The molecule has 0 spiro atoms. The first-order valence-electron chi connectivity index (χ1n) is 10.3.